The van der Waals surface area contributed by atoms with E-state index in [4.69, 9.17) is 22.9 Å². The summed E-state index contributed by atoms with van der Waals surface area (Å²) in [6, 6.07) is 12.3. The number of amides is 3. The molecule has 1 heterocycles. The summed E-state index contributed by atoms with van der Waals surface area (Å²) in [6.45, 7) is 0.593. The summed E-state index contributed by atoms with van der Waals surface area (Å²) in [5.74, 6) is -3.15. The summed E-state index contributed by atoms with van der Waals surface area (Å²) in [7, 11) is 0. The minimum absolute atomic E-state index is 0.0251. The number of rotatable bonds is 19. The van der Waals surface area contributed by atoms with Gasteiger partial charge in [0, 0.05) is 30.1 Å². The molecule has 13 N–H and O–H groups in total. The van der Waals surface area contributed by atoms with Crippen LogP contribution < -0.4 is 38.9 Å². The lowest BCUT2D eigenvalue weighted by atomic mass is 10.0. The third-order valence-electron chi connectivity index (χ3n) is 7.51. The predicted molar refractivity (Wildman–Crippen MR) is 176 cm³/mol. The van der Waals surface area contributed by atoms with Crippen molar-refractivity contribution >= 4 is 40.6 Å². The number of nitrogens with two attached hydrogens (primary N) is 4. The van der Waals surface area contributed by atoms with Gasteiger partial charge in [-0.05, 0) is 62.3 Å². The molecular weight excluding hydrogens is 590 g/mol. The highest BCUT2D eigenvalue weighted by molar-refractivity contribution is 5.94. The molecule has 14 heteroatoms. The number of hydrogen-bond donors (Lipinski definition) is 9. The van der Waals surface area contributed by atoms with Gasteiger partial charge in [-0.25, -0.2) is 4.79 Å². The molecule has 0 aliphatic heterocycles. The van der Waals surface area contributed by atoms with Crippen molar-refractivity contribution in [2.24, 2.45) is 27.9 Å². The largest absolute Gasteiger partial charge is 0.480 e. The van der Waals surface area contributed by atoms with Gasteiger partial charge in [0.15, 0.2) is 5.96 Å². The summed E-state index contributed by atoms with van der Waals surface area (Å²) in [4.78, 5) is 59.4. The Kier molecular flexibility index (Phi) is 14.0. The molecule has 0 bridgehead atoms. The topological polar surface area (TPSA) is 257 Å². The smallest absolute Gasteiger partial charge is 0.326 e. The van der Waals surface area contributed by atoms with Gasteiger partial charge in [0.1, 0.15) is 18.1 Å². The fourth-order valence-corrected chi connectivity index (χ4v) is 5.04. The maximum Gasteiger partial charge on any atom is 0.326 e. The molecule has 248 valence electrons. The van der Waals surface area contributed by atoms with Crippen LogP contribution in [0.5, 0.6) is 0 Å². The van der Waals surface area contributed by atoms with Gasteiger partial charge in [0.25, 0.3) is 0 Å². The molecule has 2 aromatic carbocycles. The molecule has 0 aliphatic rings. The molecular formula is C32H45N9O5. The standard InChI is InChI=1S/C32H45N9O5/c33-15-7-6-13-25(30(44)41-27(31(45)46)18-21-19-38-24-12-5-4-11-22(21)24)40-29(43)26(14-8-16-37-32(35)36)39-28(42)23(34)17-20-9-2-1-3-10-20/h1-5,9-12,19,23,25-27,38H,6-8,13-18,33-34H2,(H,39,42)(H,40,43)(H,41,44)(H,45,46)(H4,35,36,37). The van der Waals surface area contributed by atoms with Crippen molar-refractivity contribution in [2.45, 2.75) is 69.1 Å². The minimum Gasteiger partial charge on any atom is -0.480 e. The molecule has 46 heavy (non-hydrogen) atoms. The van der Waals surface area contributed by atoms with Crippen molar-refractivity contribution in [3.05, 3.63) is 71.9 Å². The van der Waals surface area contributed by atoms with Crippen LogP contribution in [0, 0.1) is 0 Å². The molecule has 3 amide bonds. The zero-order chi connectivity index (χ0) is 33.5. The van der Waals surface area contributed by atoms with E-state index in [2.05, 4.69) is 25.9 Å². The van der Waals surface area contributed by atoms with E-state index in [1.807, 2.05) is 54.6 Å². The van der Waals surface area contributed by atoms with E-state index in [1.54, 1.807) is 6.20 Å². The first-order valence-corrected chi connectivity index (χ1v) is 15.3. The van der Waals surface area contributed by atoms with Crippen LogP contribution >= 0.6 is 0 Å². The van der Waals surface area contributed by atoms with E-state index in [1.165, 1.54) is 0 Å². The second-order valence-corrected chi connectivity index (χ2v) is 11.1. The number of aromatic nitrogens is 1. The maximum absolute atomic E-state index is 13.6. The summed E-state index contributed by atoms with van der Waals surface area (Å²) in [5.41, 5.74) is 25.1. The van der Waals surface area contributed by atoms with Crippen LogP contribution in [0.4, 0.5) is 0 Å². The number of aliphatic carboxylic acids is 1. The second-order valence-electron chi connectivity index (χ2n) is 11.1. The van der Waals surface area contributed by atoms with Gasteiger partial charge in [-0.2, -0.15) is 0 Å². The quantitative estimate of drug-likeness (QED) is 0.0487. The number of nitrogens with zero attached hydrogens (tertiary/aromatic N) is 1. The molecule has 3 aromatic rings. The normalized spacial score (nSPS) is 13.6. The number of aromatic amines is 1. The van der Waals surface area contributed by atoms with E-state index in [0.29, 0.717) is 25.8 Å². The lowest BCUT2D eigenvalue weighted by Gasteiger charge is -2.25. The van der Waals surface area contributed by atoms with Crippen LogP contribution in [0.2, 0.25) is 0 Å². The van der Waals surface area contributed by atoms with Gasteiger partial charge in [0.2, 0.25) is 17.7 Å². The van der Waals surface area contributed by atoms with Crippen LogP contribution in [0.1, 0.15) is 43.2 Å². The van der Waals surface area contributed by atoms with Crippen molar-refractivity contribution < 1.29 is 24.3 Å². The molecule has 4 atom stereocenters. The van der Waals surface area contributed by atoms with Gasteiger partial charge < -0.3 is 49.0 Å². The first-order chi connectivity index (χ1) is 22.1. The van der Waals surface area contributed by atoms with Gasteiger partial charge >= 0.3 is 5.97 Å². The second kappa shape index (κ2) is 18.1. The number of guanidine groups is 1. The fourth-order valence-electron chi connectivity index (χ4n) is 5.04. The average molecular weight is 636 g/mol. The number of carboxylic acids is 1. The molecule has 14 nitrogen and oxygen atoms in total. The Morgan fingerprint density at radius 1 is 0.783 bits per heavy atom. The number of H-pyrrole nitrogens is 1. The van der Waals surface area contributed by atoms with Gasteiger partial charge in [-0.15, -0.1) is 0 Å². The van der Waals surface area contributed by atoms with Crippen LogP contribution in [-0.2, 0) is 32.0 Å². The van der Waals surface area contributed by atoms with Gasteiger partial charge in [0.05, 0.1) is 6.04 Å². The van der Waals surface area contributed by atoms with Crippen molar-refractivity contribution in [2.75, 3.05) is 13.1 Å². The minimum atomic E-state index is -1.26. The predicted octanol–water partition coefficient (Wildman–Crippen LogP) is 0.00200. The molecule has 0 saturated carbocycles. The maximum atomic E-state index is 13.6. The number of para-hydroxylation sites is 1. The van der Waals surface area contributed by atoms with E-state index in [0.717, 1.165) is 22.0 Å². The monoisotopic (exact) mass is 635 g/mol. The highest BCUT2D eigenvalue weighted by atomic mass is 16.4. The number of benzene rings is 2. The van der Waals surface area contributed by atoms with E-state index >= 15 is 0 Å². The zero-order valence-corrected chi connectivity index (χ0v) is 25.8. The summed E-state index contributed by atoms with van der Waals surface area (Å²) in [5, 5.41) is 18.8. The molecule has 0 fully saturated rings. The van der Waals surface area contributed by atoms with Crippen molar-refractivity contribution in [1.29, 1.82) is 0 Å². The highest BCUT2D eigenvalue weighted by Gasteiger charge is 2.30. The number of carbonyl (C=O) groups excluding carboxylic acids is 3. The number of fused-ring (bicyclic) bond motifs is 1. The highest BCUT2D eigenvalue weighted by Crippen LogP contribution is 2.19. The van der Waals surface area contributed by atoms with Gasteiger partial charge in [-0.3, -0.25) is 19.4 Å². The molecule has 0 saturated heterocycles. The van der Waals surface area contributed by atoms with Crippen LogP contribution in [-0.4, -0.2) is 77.0 Å². The van der Waals surface area contributed by atoms with Crippen molar-refractivity contribution in [3.8, 4) is 0 Å². The molecule has 0 spiro atoms. The first kappa shape index (κ1) is 35.5. The Labute approximate surface area is 267 Å². The molecule has 3 rings (SSSR count). The first-order valence-electron chi connectivity index (χ1n) is 15.3. The molecule has 0 aliphatic carbocycles. The summed E-state index contributed by atoms with van der Waals surface area (Å²) in [6.07, 6.45) is 3.79. The number of hydrogen-bond acceptors (Lipinski definition) is 7. The Morgan fingerprint density at radius 3 is 2.04 bits per heavy atom. The van der Waals surface area contributed by atoms with Gasteiger partial charge in [-0.1, -0.05) is 48.5 Å². The summed E-state index contributed by atoms with van der Waals surface area (Å²) < 4.78 is 0. The van der Waals surface area contributed by atoms with E-state index in [-0.39, 0.29) is 38.2 Å². The Morgan fingerprint density at radius 2 is 1.39 bits per heavy atom. The Bertz CT molecular complexity index is 1470. The third-order valence-corrected chi connectivity index (χ3v) is 7.51. The lowest BCUT2D eigenvalue weighted by molar-refractivity contribution is -0.142. The average Bonchev–Trinajstić information content (AvgIpc) is 3.44. The van der Waals surface area contributed by atoms with Crippen molar-refractivity contribution in [1.82, 2.24) is 20.9 Å². The third kappa shape index (κ3) is 11.2. The molecule has 1 aromatic heterocycles. The number of carbonyl (C=O) groups is 4. The van der Waals surface area contributed by atoms with Crippen LogP contribution in [0.25, 0.3) is 10.9 Å². The van der Waals surface area contributed by atoms with Crippen LogP contribution in [0.15, 0.2) is 65.8 Å². The van der Waals surface area contributed by atoms with E-state index < -0.39 is 47.9 Å². The Hall–Kier alpha value is -4.95. The SMILES string of the molecule is NCCCCC(NC(=O)C(CCCN=C(N)N)NC(=O)C(N)Cc1ccccc1)C(=O)NC(Cc1c[nH]c2ccccc12)C(=O)O. The molecule has 4 unspecified atom stereocenters. The zero-order valence-electron chi connectivity index (χ0n) is 25.8. The fraction of sp³-hybridized carbons (Fsp3) is 0.406. The lowest BCUT2D eigenvalue weighted by Crippen LogP contribution is -2.57. The summed E-state index contributed by atoms with van der Waals surface area (Å²) >= 11 is 0. The van der Waals surface area contributed by atoms with E-state index in [9.17, 15) is 24.3 Å². The van der Waals surface area contributed by atoms with Crippen LogP contribution in [0.3, 0.4) is 0 Å². The number of unbranched alkanes of at least 4 members (excludes halogenated alkanes) is 1. The number of aliphatic imine (C=N–C) groups is 1. The Balaban J connectivity index is 1.74. The molecule has 0 radical (unpaired) electrons. The number of nitrogens with one attached hydrogen (secondary N) is 4. The number of carboxylic acid groups (broad SMARTS) is 1. The van der Waals surface area contributed by atoms with Crippen molar-refractivity contribution in [3.63, 3.8) is 0 Å².